The molecule has 1 aromatic heterocycles. The van der Waals surface area contributed by atoms with Crippen molar-refractivity contribution in [1.29, 1.82) is 0 Å². The Morgan fingerprint density at radius 3 is 2.56 bits per heavy atom. The average molecular weight is 485 g/mol. The van der Waals surface area contributed by atoms with Crippen LogP contribution in [0.3, 0.4) is 0 Å². The molecule has 6 nitrogen and oxygen atoms in total. The number of rotatable bonds is 8. The van der Waals surface area contributed by atoms with Crippen LogP contribution in [0.25, 0.3) is 0 Å². The van der Waals surface area contributed by atoms with Gasteiger partial charge in [0.05, 0.1) is 19.3 Å². The van der Waals surface area contributed by atoms with Crippen molar-refractivity contribution in [2.24, 2.45) is 4.99 Å². The predicted octanol–water partition coefficient (Wildman–Crippen LogP) is 3.58. The molecule has 2 aromatic rings. The van der Waals surface area contributed by atoms with E-state index in [1.165, 1.54) is 11.3 Å². The smallest absolute Gasteiger partial charge is 0.191 e. The highest BCUT2D eigenvalue weighted by Gasteiger charge is 2.02. The van der Waals surface area contributed by atoms with Crippen molar-refractivity contribution >= 4 is 29.9 Å². The second kappa shape index (κ2) is 11.8. The summed E-state index contributed by atoms with van der Waals surface area (Å²) in [6.07, 6.45) is 0.991. The summed E-state index contributed by atoms with van der Waals surface area (Å²) in [6.45, 7) is 11.5. The fraction of sp³-hybridized carbons (Fsp3) is 0.500. The number of halogens is 1. The molecule has 0 saturated heterocycles. The van der Waals surface area contributed by atoms with Gasteiger partial charge in [-0.25, -0.2) is 4.99 Å². The molecule has 0 radical (unpaired) electrons. The van der Waals surface area contributed by atoms with Crippen LogP contribution in [0, 0.1) is 20.8 Å². The Bertz CT molecular complexity index is 742. The highest BCUT2D eigenvalue weighted by molar-refractivity contribution is 14.0. The maximum atomic E-state index is 5.33. The molecule has 7 heteroatoms. The Hall–Kier alpha value is -1.77. The van der Waals surface area contributed by atoms with Crippen LogP contribution in [-0.2, 0) is 13.1 Å². The molecule has 0 aliphatic heterocycles. The number of guanidine groups is 1. The molecule has 2 N–H and O–H groups in total. The fourth-order valence-electron chi connectivity index (χ4n) is 2.88. The highest BCUT2D eigenvalue weighted by atomic mass is 127. The Kier molecular flexibility index (Phi) is 10.2. The van der Waals surface area contributed by atoms with Crippen molar-refractivity contribution in [2.45, 2.75) is 47.2 Å². The number of benzene rings is 1. The predicted molar refractivity (Wildman–Crippen MR) is 122 cm³/mol. The number of ether oxygens (including phenoxy) is 1. The van der Waals surface area contributed by atoms with Gasteiger partial charge in [0.15, 0.2) is 5.96 Å². The standard InChI is InChI=1S/C20H31N5O.HI/c1-6-21-20(22-8-7-9-25-17(4)12-16(3)24-25)23-14-18-10-15(2)11-19(13-18)26-5;/h10-13H,6-9,14H2,1-5H3,(H2,21,22,23);1H. The zero-order valence-electron chi connectivity index (χ0n) is 17.0. The van der Waals surface area contributed by atoms with Crippen LogP contribution in [0.5, 0.6) is 5.75 Å². The van der Waals surface area contributed by atoms with Gasteiger partial charge in [0.2, 0.25) is 0 Å². The van der Waals surface area contributed by atoms with Crippen molar-refractivity contribution in [3.63, 3.8) is 0 Å². The fourth-order valence-corrected chi connectivity index (χ4v) is 2.88. The molecular weight excluding hydrogens is 453 g/mol. The quantitative estimate of drug-likeness (QED) is 0.260. The summed E-state index contributed by atoms with van der Waals surface area (Å²) in [7, 11) is 1.69. The monoisotopic (exact) mass is 485 g/mol. The largest absolute Gasteiger partial charge is 0.497 e. The summed E-state index contributed by atoms with van der Waals surface area (Å²) < 4.78 is 7.39. The molecule has 27 heavy (non-hydrogen) atoms. The molecular formula is C20H32IN5O. The summed E-state index contributed by atoms with van der Waals surface area (Å²) in [4.78, 5) is 4.68. The minimum Gasteiger partial charge on any atom is -0.497 e. The Labute approximate surface area is 179 Å². The number of aromatic nitrogens is 2. The highest BCUT2D eigenvalue weighted by Crippen LogP contribution is 2.16. The van der Waals surface area contributed by atoms with E-state index >= 15 is 0 Å². The maximum absolute atomic E-state index is 5.33. The van der Waals surface area contributed by atoms with E-state index in [4.69, 9.17) is 4.74 Å². The Balaban J connectivity index is 0.00000364. The van der Waals surface area contributed by atoms with E-state index in [2.05, 4.69) is 58.3 Å². The van der Waals surface area contributed by atoms with Gasteiger partial charge in [-0.2, -0.15) is 5.10 Å². The molecule has 0 bridgehead atoms. The van der Waals surface area contributed by atoms with Crippen molar-refractivity contribution in [3.05, 3.63) is 46.8 Å². The molecule has 0 aliphatic carbocycles. The molecule has 2 rings (SSSR count). The topological polar surface area (TPSA) is 63.5 Å². The van der Waals surface area contributed by atoms with Crippen LogP contribution in [-0.4, -0.2) is 35.9 Å². The first-order valence-corrected chi connectivity index (χ1v) is 9.19. The zero-order valence-corrected chi connectivity index (χ0v) is 19.3. The first kappa shape index (κ1) is 23.3. The minimum absolute atomic E-state index is 0. The van der Waals surface area contributed by atoms with Crippen molar-refractivity contribution in [2.75, 3.05) is 20.2 Å². The molecule has 0 spiro atoms. The van der Waals surface area contributed by atoms with E-state index in [1.807, 2.05) is 19.1 Å². The van der Waals surface area contributed by atoms with Gasteiger partial charge in [-0.05, 0) is 63.4 Å². The van der Waals surface area contributed by atoms with Gasteiger partial charge >= 0.3 is 0 Å². The van der Waals surface area contributed by atoms with E-state index in [1.54, 1.807) is 7.11 Å². The minimum atomic E-state index is 0. The van der Waals surface area contributed by atoms with E-state index in [0.29, 0.717) is 6.54 Å². The maximum Gasteiger partial charge on any atom is 0.191 e. The second-order valence-corrected chi connectivity index (χ2v) is 6.48. The lowest BCUT2D eigenvalue weighted by molar-refractivity contribution is 0.414. The second-order valence-electron chi connectivity index (χ2n) is 6.48. The molecule has 0 fully saturated rings. The zero-order chi connectivity index (χ0) is 18.9. The number of aliphatic imine (C=N–C) groups is 1. The first-order valence-electron chi connectivity index (χ1n) is 9.19. The SMILES string of the molecule is CCNC(=NCc1cc(C)cc(OC)c1)NCCCn1nc(C)cc1C.I. The number of hydrogen-bond donors (Lipinski definition) is 2. The summed E-state index contributed by atoms with van der Waals surface area (Å²) in [5.41, 5.74) is 4.59. The molecule has 0 aliphatic rings. The molecule has 0 saturated carbocycles. The summed E-state index contributed by atoms with van der Waals surface area (Å²) >= 11 is 0. The van der Waals surface area contributed by atoms with E-state index in [0.717, 1.165) is 49.0 Å². The molecule has 0 atom stereocenters. The lowest BCUT2D eigenvalue weighted by Gasteiger charge is -2.12. The lowest BCUT2D eigenvalue weighted by Crippen LogP contribution is -2.38. The third kappa shape index (κ3) is 7.78. The molecule has 150 valence electrons. The Morgan fingerprint density at radius 1 is 1.15 bits per heavy atom. The van der Waals surface area contributed by atoms with Gasteiger partial charge in [0.25, 0.3) is 0 Å². The van der Waals surface area contributed by atoms with Crippen molar-refractivity contribution < 1.29 is 4.74 Å². The van der Waals surface area contributed by atoms with Crippen LogP contribution in [0.4, 0.5) is 0 Å². The number of aryl methyl sites for hydroxylation is 4. The molecule has 1 heterocycles. The van der Waals surface area contributed by atoms with Crippen LogP contribution in [0.1, 0.15) is 35.9 Å². The Morgan fingerprint density at radius 2 is 1.93 bits per heavy atom. The van der Waals surface area contributed by atoms with E-state index in [-0.39, 0.29) is 24.0 Å². The van der Waals surface area contributed by atoms with Gasteiger partial charge in [-0.3, -0.25) is 4.68 Å². The number of nitrogens with zero attached hydrogens (tertiary/aromatic N) is 3. The first-order chi connectivity index (χ1) is 12.5. The summed E-state index contributed by atoms with van der Waals surface area (Å²) in [6, 6.07) is 8.30. The number of hydrogen-bond acceptors (Lipinski definition) is 3. The summed E-state index contributed by atoms with van der Waals surface area (Å²) in [5.74, 6) is 1.71. The summed E-state index contributed by atoms with van der Waals surface area (Å²) in [5, 5.41) is 11.2. The average Bonchev–Trinajstić information content (AvgIpc) is 2.93. The van der Waals surface area contributed by atoms with Gasteiger partial charge in [-0.1, -0.05) is 6.07 Å². The third-order valence-corrected chi connectivity index (χ3v) is 4.05. The molecule has 0 unspecified atom stereocenters. The third-order valence-electron chi connectivity index (χ3n) is 4.05. The van der Waals surface area contributed by atoms with Crippen LogP contribution < -0.4 is 15.4 Å². The van der Waals surface area contributed by atoms with Gasteiger partial charge < -0.3 is 15.4 Å². The number of methoxy groups -OCH3 is 1. The lowest BCUT2D eigenvalue weighted by atomic mass is 10.1. The van der Waals surface area contributed by atoms with Crippen molar-refractivity contribution in [3.8, 4) is 5.75 Å². The molecule has 1 aromatic carbocycles. The normalized spacial score (nSPS) is 11.1. The van der Waals surface area contributed by atoms with Gasteiger partial charge in [0.1, 0.15) is 5.75 Å². The van der Waals surface area contributed by atoms with Crippen LogP contribution in [0.2, 0.25) is 0 Å². The number of nitrogens with one attached hydrogen (secondary N) is 2. The van der Waals surface area contributed by atoms with E-state index < -0.39 is 0 Å². The van der Waals surface area contributed by atoms with Crippen molar-refractivity contribution in [1.82, 2.24) is 20.4 Å². The van der Waals surface area contributed by atoms with Crippen LogP contribution >= 0.6 is 24.0 Å². The van der Waals surface area contributed by atoms with Gasteiger partial charge in [0, 0.05) is 25.3 Å². The van der Waals surface area contributed by atoms with Crippen LogP contribution in [0.15, 0.2) is 29.3 Å². The van der Waals surface area contributed by atoms with Gasteiger partial charge in [-0.15, -0.1) is 24.0 Å². The molecule has 0 amide bonds. The van der Waals surface area contributed by atoms with E-state index in [9.17, 15) is 0 Å².